The highest BCUT2D eigenvalue weighted by Gasteiger charge is 2.34. The van der Waals surface area contributed by atoms with E-state index in [-0.39, 0.29) is 5.54 Å². The molecule has 0 aromatic heterocycles. The summed E-state index contributed by atoms with van der Waals surface area (Å²) < 4.78 is 0. The van der Waals surface area contributed by atoms with Crippen LogP contribution in [-0.2, 0) is 6.54 Å². The van der Waals surface area contributed by atoms with Crippen molar-refractivity contribution in [3.05, 3.63) is 35.4 Å². The summed E-state index contributed by atoms with van der Waals surface area (Å²) in [5.41, 5.74) is 3.27. The first-order valence-corrected chi connectivity index (χ1v) is 7.39. The molecule has 2 rings (SSSR count). The van der Waals surface area contributed by atoms with Gasteiger partial charge < -0.3 is 4.90 Å². The molecule has 19 heavy (non-hydrogen) atoms. The van der Waals surface area contributed by atoms with Gasteiger partial charge in [-0.05, 0) is 65.4 Å². The molecule has 0 aliphatic carbocycles. The van der Waals surface area contributed by atoms with E-state index in [4.69, 9.17) is 0 Å². The number of nitrogens with zero attached hydrogens (tertiary/aromatic N) is 2. The number of rotatable bonds is 3. The van der Waals surface area contributed by atoms with E-state index in [0.717, 1.165) is 6.54 Å². The van der Waals surface area contributed by atoms with Crippen LogP contribution in [0.3, 0.4) is 0 Å². The van der Waals surface area contributed by atoms with Crippen molar-refractivity contribution in [2.75, 3.05) is 20.6 Å². The molecule has 1 atom stereocenters. The van der Waals surface area contributed by atoms with Crippen LogP contribution in [0.2, 0.25) is 0 Å². The van der Waals surface area contributed by atoms with Gasteiger partial charge in [-0.1, -0.05) is 24.3 Å². The highest BCUT2D eigenvalue weighted by atomic mass is 15.2. The number of benzene rings is 1. The summed E-state index contributed by atoms with van der Waals surface area (Å²) in [6, 6.07) is 9.56. The first-order chi connectivity index (χ1) is 8.89. The Hall–Kier alpha value is -0.860. The second kappa shape index (κ2) is 5.64. The summed E-state index contributed by atoms with van der Waals surface area (Å²) >= 11 is 0. The van der Waals surface area contributed by atoms with Crippen LogP contribution in [0.1, 0.15) is 50.8 Å². The van der Waals surface area contributed by atoms with E-state index in [9.17, 15) is 0 Å². The van der Waals surface area contributed by atoms with Crippen molar-refractivity contribution in [3.63, 3.8) is 0 Å². The summed E-state index contributed by atoms with van der Waals surface area (Å²) in [5.74, 6) is 0. The SMILES string of the molecule is CN(C)Cc1ccccc1[C@H]1CCCN1C(C)(C)C. The average Bonchev–Trinajstić information content (AvgIpc) is 2.77. The minimum absolute atomic E-state index is 0.256. The van der Waals surface area contributed by atoms with Crippen LogP contribution >= 0.6 is 0 Å². The third kappa shape index (κ3) is 3.37. The fraction of sp³-hybridized carbons (Fsp3) is 0.647. The van der Waals surface area contributed by atoms with Gasteiger partial charge in [0, 0.05) is 18.1 Å². The molecule has 1 fully saturated rings. The van der Waals surface area contributed by atoms with Crippen molar-refractivity contribution < 1.29 is 0 Å². The van der Waals surface area contributed by atoms with E-state index in [1.165, 1.54) is 30.5 Å². The number of hydrogen-bond acceptors (Lipinski definition) is 2. The van der Waals surface area contributed by atoms with Gasteiger partial charge in [0.1, 0.15) is 0 Å². The average molecular weight is 260 g/mol. The highest BCUT2D eigenvalue weighted by molar-refractivity contribution is 5.31. The van der Waals surface area contributed by atoms with Crippen molar-refractivity contribution in [2.45, 2.75) is 51.7 Å². The van der Waals surface area contributed by atoms with Gasteiger partial charge in [0.25, 0.3) is 0 Å². The first kappa shape index (κ1) is 14.5. The van der Waals surface area contributed by atoms with Crippen LogP contribution in [0.4, 0.5) is 0 Å². The topological polar surface area (TPSA) is 6.48 Å². The monoisotopic (exact) mass is 260 g/mol. The fourth-order valence-electron chi connectivity index (χ4n) is 3.24. The van der Waals surface area contributed by atoms with Crippen molar-refractivity contribution in [1.29, 1.82) is 0 Å². The van der Waals surface area contributed by atoms with E-state index < -0.39 is 0 Å². The van der Waals surface area contributed by atoms with Crippen molar-refractivity contribution >= 4 is 0 Å². The van der Waals surface area contributed by atoms with Gasteiger partial charge in [-0.15, -0.1) is 0 Å². The van der Waals surface area contributed by atoms with Crippen LogP contribution in [0.5, 0.6) is 0 Å². The molecule has 1 aromatic rings. The second-order valence-corrected chi connectivity index (χ2v) is 6.96. The zero-order valence-corrected chi connectivity index (χ0v) is 13.1. The molecule has 1 saturated heterocycles. The summed E-state index contributed by atoms with van der Waals surface area (Å²) in [4.78, 5) is 4.93. The lowest BCUT2D eigenvalue weighted by atomic mass is 9.95. The zero-order valence-electron chi connectivity index (χ0n) is 13.1. The van der Waals surface area contributed by atoms with Gasteiger partial charge in [0.05, 0.1) is 0 Å². The normalized spacial score (nSPS) is 21.3. The predicted molar refractivity (Wildman–Crippen MR) is 82.3 cm³/mol. The fourth-order valence-corrected chi connectivity index (χ4v) is 3.24. The van der Waals surface area contributed by atoms with Gasteiger partial charge in [-0.3, -0.25) is 4.90 Å². The molecular formula is C17H28N2. The third-order valence-corrected chi connectivity index (χ3v) is 4.02. The second-order valence-electron chi connectivity index (χ2n) is 6.96. The summed E-state index contributed by atoms with van der Waals surface area (Å²) in [6.45, 7) is 9.26. The molecule has 0 spiro atoms. The molecule has 1 aromatic carbocycles. The van der Waals surface area contributed by atoms with Gasteiger partial charge in [0.2, 0.25) is 0 Å². The smallest absolute Gasteiger partial charge is 0.0357 e. The molecule has 0 radical (unpaired) electrons. The minimum atomic E-state index is 0.256. The molecule has 106 valence electrons. The maximum atomic E-state index is 2.67. The van der Waals surface area contributed by atoms with E-state index in [1.54, 1.807) is 0 Å². The zero-order chi connectivity index (χ0) is 14.0. The summed E-state index contributed by atoms with van der Waals surface area (Å²) in [5, 5.41) is 0. The largest absolute Gasteiger partial charge is 0.305 e. The standard InChI is InChI=1S/C17H28N2/c1-17(2,3)19-12-8-11-16(19)15-10-7-6-9-14(15)13-18(4)5/h6-7,9-10,16H,8,11-13H2,1-5H3/t16-/m1/s1. The first-order valence-electron chi connectivity index (χ1n) is 7.39. The highest BCUT2D eigenvalue weighted by Crippen LogP contribution is 2.38. The van der Waals surface area contributed by atoms with E-state index in [0.29, 0.717) is 6.04 Å². The van der Waals surface area contributed by atoms with Crippen molar-refractivity contribution in [2.24, 2.45) is 0 Å². The summed E-state index contributed by atoms with van der Waals surface area (Å²) in [6.07, 6.45) is 2.61. The van der Waals surface area contributed by atoms with Crippen LogP contribution in [-0.4, -0.2) is 36.0 Å². The van der Waals surface area contributed by atoms with Gasteiger partial charge in [0.15, 0.2) is 0 Å². The Morgan fingerprint density at radius 1 is 1.21 bits per heavy atom. The maximum Gasteiger partial charge on any atom is 0.0357 e. The Morgan fingerprint density at radius 2 is 1.89 bits per heavy atom. The van der Waals surface area contributed by atoms with Crippen LogP contribution in [0.25, 0.3) is 0 Å². The molecule has 0 amide bonds. The molecule has 1 heterocycles. The van der Waals surface area contributed by atoms with Gasteiger partial charge >= 0.3 is 0 Å². The lowest BCUT2D eigenvalue weighted by molar-refractivity contribution is 0.121. The molecule has 0 N–H and O–H groups in total. The molecule has 0 saturated carbocycles. The van der Waals surface area contributed by atoms with E-state index >= 15 is 0 Å². The lowest BCUT2D eigenvalue weighted by Gasteiger charge is -2.38. The predicted octanol–water partition coefficient (Wildman–Crippen LogP) is 3.68. The Balaban J connectivity index is 2.30. The van der Waals surface area contributed by atoms with E-state index in [1.807, 2.05) is 0 Å². The molecular weight excluding hydrogens is 232 g/mol. The molecule has 2 heteroatoms. The molecule has 1 aliphatic rings. The summed E-state index contributed by atoms with van der Waals surface area (Å²) in [7, 11) is 4.29. The Morgan fingerprint density at radius 3 is 2.53 bits per heavy atom. The maximum absolute atomic E-state index is 2.67. The molecule has 2 nitrogen and oxygen atoms in total. The van der Waals surface area contributed by atoms with Crippen LogP contribution in [0, 0.1) is 0 Å². The molecule has 0 bridgehead atoms. The van der Waals surface area contributed by atoms with Crippen LogP contribution in [0.15, 0.2) is 24.3 Å². The quantitative estimate of drug-likeness (QED) is 0.818. The lowest BCUT2D eigenvalue weighted by Crippen LogP contribution is -2.41. The minimum Gasteiger partial charge on any atom is -0.305 e. The van der Waals surface area contributed by atoms with Gasteiger partial charge in [-0.25, -0.2) is 0 Å². The number of hydrogen-bond donors (Lipinski definition) is 0. The van der Waals surface area contributed by atoms with Crippen molar-refractivity contribution in [3.8, 4) is 0 Å². The molecule has 1 aliphatic heterocycles. The third-order valence-electron chi connectivity index (χ3n) is 4.02. The van der Waals surface area contributed by atoms with Crippen LogP contribution < -0.4 is 0 Å². The Labute approximate surface area is 118 Å². The Bertz CT molecular complexity index is 418. The van der Waals surface area contributed by atoms with E-state index in [2.05, 4.69) is 68.9 Å². The number of likely N-dealkylation sites (tertiary alicyclic amines) is 1. The Kier molecular flexibility index (Phi) is 4.32. The van der Waals surface area contributed by atoms with Gasteiger partial charge in [-0.2, -0.15) is 0 Å². The molecule has 0 unspecified atom stereocenters. The van der Waals surface area contributed by atoms with Crippen molar-refractivity contribution in [1.82, 2.24) is 9.80 Å².